The second kappa shape index (κ2) is 9.73. The molecule has 3 heterocycles. The molecule has 6 heteroatoms. The number of alkyl halides is 1. The highest BCUT2D eigenvalue weighted by Crippen LogP contribution is 2.43. The largest absolute Gasteiger partial charge is 0.311 e. The standard InChI is InChI=1S/C27H38BrClN4/c1-27(2,3)24-17-33(13-10-30-24)22-8-11-32(12-9-22)26-23-7-6-21(29)15-18(23)4-5-19-14-20(28)16-31-25(19)26/h6-7,15-16,20,22,24,26,30H,4-5,8-14,17H2,1-3H3. The molecule has 4 nitrogen and oxygen atoms in total. The van der Waals surface area contributed by atoms with Gasteiger partial charge in [0.15, 0.2) is 0 Å². The van der Waals surface area contributed by atoms with Crippen LogP contribution in [0, 0.1) is 5.41 Å². The third-order valence-corrected chi connectivity index (χ3v) is 8.96. The number of hydrogen-bond acceptors (Lipinski definition) is 4. The zero-order valence-electron chi connectivity index (χ0n) is 20.3. The Morgan fingerprint density at radius 3 is 2.64 bits per heavy atom. The van der Waals surface area contributed by atoms with Crippen molar-refractivity contribution in [2.45, 2.75) is 75.8 Å². The van der Waals surface area contributed by atoms with Gasteiger partial charge in [-0.1, -0.05) is 54.4 Å². The predicted molar refractivity (Wildman–Crippen MR) is 143 cm³/mol. The zero-order chi connectivity index (χ0) is 23.2. The fraction of sp³-hybridized carbons (Fsp3) is 0.667. The summed E-state index contributed by atoms with van der Waals surface area (Å²) in [5.74, 6) is 0. The van der Waals surface area contributed by atoms with E-state index in [-0.39, 0.29) is 6.04 Å². The molecule has 1 aliphatic carbocycles. The van der Waals surface area contributed by atoms with Gasteiger partial charge in [-0.2, -0.15) is 0 Å². The second-order valence-corrected chi connectivity index (χ2v) is 13.0. The third kappa shape index (κ3) is 5.13. The Labute approximate surface area is 213 Å². The number of halogens is 2. The molecule has 0 aromatic heterocycles. The number of allylic oxidation sites excluding steroid dienone is 1. The van der Waals surface area contributed by atoms with Crippen LogP contribution in [0.2, 0.25) is 5.02 Å². The summed E-state index contributed by atoms with van der Waals surface area (Å²) in [5, 5.41) is 4.60. The molecule has 3 aliphatic heterocycles. The summed E-state index contributed by atoms with van der Waals surface area (Å²) in [6, 6.07) is 8.06. The normalized spacial score (nSPS) is 30.2. The van der Waals surface area contributed by atoms with Crippen molar-refractivity contribution >= 4 is 33.7 Å². The number of aryl methyl sites for hydroxylation is 1. The first-order chi connectivity index (χ1) is 15.8. The van der Waals surface area contributed by atoms with Gasteiger partial charge in [-0.3, -0.25) is 14.8 Å². The summed E-state index contributed by atoms with van der Waals surface area (Å²) in [7, 11) is 0. The molecule has 1 aromatic rings. The molecule has 5 rings (SSSR count). The minimum atomic E-state index is 0.261. The van der Waals surface area contributed by atoms with E-state index in [1.165, 1.54) is 48.3 Å². The average Bonchev–Trinajstić information content (AvgIpc) is 2.95. The van der Waals surface area contributed by atoms with Crippen molar-refractivity contribution < 1.29 is 0 Å². The molecular formula is C27H38BrClN4. The van der Waals surface area contributed by atoms with Crippen molar-refractivity contribution in [3.05, 3.63) is 45.6 Å². The van der Waals surface area contributed by atoms with Crippen molar-refractivity contribution in [2.24, 2.45) is 10.4 Å². The maximum absolute atomic E-state index is 6.41. The van der Waals surface area contributed by atoms with Crippen molar-refractivity contribution in [1.82, 2.24) is 15.1 Å². The van der Waals surface area contributed by atoms with E-state index in [0.717, 1.165) is 43.9 Å². The molecule has 3 atom stereocenters. The Kier molecular flexibility index (Phi) is 7.08. The molecule has 2 saturated heterocycles. The molecular weight excluding hydrogens is 496 g/mol. The molecule has 0 amide bonds. The Balaban J connectivity index is 1.35. The summed E-state index contributed by atoms with van der Waals surface area (Å²) in [5.41, 5.74) is 5.96. The quantitative estimate of drug-likeness (QED) is 0.502. The minimum absolute atomic E-state index is 0.261. The number of nitrogens with one attached hydrogen (secondary N) is 1. The topological polar surface area (TPSA) is 30.9 Å². The van der Waals surface area contributed by atoms with Crippen LogP contribution in [0.4, 0.5) is 0 Å². The number of piperidine rings is 1. The van der Waals surface area contributed by atoms with Gasteiger partial charge < -0.3 is 5.32 Å². The summed E-state index contributed by atoms with van der Waals surface area (Å²) in [4.78, 5) is 10.9. The van der Waals surface area contributed by atoms with Gasteiger partial charge in [0.2, 0.25) is 0 Å². The van der Waals surface area contributed by atoms with Crippen LogP contribution in [0.5, 0.6) is 0 Å². The van der Waals surface area contributed by atoms with Crippen molar-refractivity contribution in [3.8, 4) is 0 Å². The van der Waals surface area contributed by atoms with Crippen LogP contribution in [0.3, 0.4) is 0 Å². The first-order valence-corrected chi connectivity index (χ1v) is 14.0. The van der Waals surface area contributed by atoms with E-state index in [1.54, 1.807) is 0 Å². The molecule has 2 fully saturated rings. The van der Waals surface area contributed by atoms with E-state index in [0.29, 0.717) is 22.3 Å². The van der Waals surface area contributed by atoms with Crippen LogP contribution >= 0.6 is 27.5 Å². The predicted octanol–water partition coefficient (Wildman–Crippen LogP) is 5.60. The van der Waals surface area contributed by atoms with Crippen LogP contribution in [-0.2, 0) is 6.42 Å². The Bertz CT molecular complexity index is 929. The first kappa shape index (κ1) is 24.0. The first-order valence-electron chi connectivity index (χ1n) is 12.7. The fourth-order valence-corrected chi connectivity index (χ4v) is 6.90. The maximum Gasteiger partial charge on any atom is 0.0778 e. The number of benzene rings is 1. The van der Waals surface area contributed by atoms with E-state index in [4.69, 9.17) is 16.6 Å². The summed E-state index contributed by atoms with van der Waals surface area (Å²) in [6.07, 6.45) is 7.80. The highest BCUT2D eigenvalue weighted by Gasteiger charge is 2.37. The van der Waals surface area contributed by atoms with Gasteiger partial charge in [0, 0.05) is 56.0 Å². The van der Waals surface area contributed by atoms with E-state index >= 15 is 0 Å². The van der Waals surface area contributed by atoms with Crippen molar-refractivity contribution in [2.75, 3.05) is 32.7 Å². The van der Waals surface area contributed by atoms with Crippen LogP contribution in [0.25, 0.3) is 0 Å². The van der Waals surface area contributed by atoms with Crippen LogP contribution in [0.1, 0.15) is 63.6 Å². The molecule has 3 unspecified atom stereocenters. The average molecular weight is 534 g/mol. The van der Waals surface area contributed by atoms with Crippen LogP contribution < -0.4 is 5.32 Å². The lowest BCUT2D eigenvalue weighted by molar-refractivity contribution is 0.0522. The molecule has 0 spiro atoms. The lowest BCUT2D eigenvalue weighted by Gasteiger charge is -2.47. The monoisotopic (exact) mass is 532 g/mol. The van der Waals surface area contributed by atoms with E-state index in [9.17, 15) is 0 Å². The van der Waals surface area contributed by atoms with Gasteiger partial charge in [0.05, 0.1) is 16.6 Å². The van der Waals surface area contributed by atoms with Gasteiger partial charge >= 0.3 is 0 Å². The van der Waals surface area contributed by atoms with E-state index in [1.807, 2.05) is 0 Å². The van der Waals surface area contributed by atoms with Gasteiger partial charge in [0.1, 0.15) is 0 Å². The smallest absolute Gasteiger partial charge is 0.0778 e. The van der Waals surface area contributed by atoms with Gasteiger partial charge in [0.25, 0.3) is 0 Å². The highest BCUT2D eigenvalue weighted by atomic mass is 79.9. The number of nitrogens with zero attached hydrogens (tertiary/aromatic N) is 3. The summed E-state index contributed by atoms with van der Waals surface area (Å²) in [6.45, 7) is 12.8. The van der Waals surface area contributed by atoms with Crippen LogP contribution in [0.15, 0.2) is 34.5 Å². The zero-order valence-corrected chi connectivity index (χ0v) is 22.6. The minimum Gasteiger partial charge on any atom is -0.311 e. The molecule has 4 aliphatic rings. The lowest BCUT2D eigenvalue weighted by atomic mass is 9.84. The SMILES string of the molecule is CC(C)(C)C1CN(C2CCN(C3C4=C(CCc5cc(Cl)ccc53)CC(Br)C=N4)CC2)CCN1. The van der Waals surface area contributed by atoms with E-state index < -0.39 is 0 Å². The molecule has 0 bridgehead atoms. The van der Waals surface area contributed by atoms with E-state index in [2.05, 4.69) is 76.2 Å². The number of hydrogen-bond donors (Lipinski definition) is 1. The molecule has 180 valence electrons. The van der Waals surface area contributed by atoms with Crippen LogP contribution in [-0.4, -0.2) is 65.6 Å². The number of rotatable bonds is 2. The number of aliphatic imine (C=N–C) groups is 1. The molecule has 0 saturated carbocycles. The van der Waals surface area contributed by atoms with Gasteiger partial charge in [-0.05, 0) is 66.4 Å². The molecule has 1 N–H and O–H groups in total. The second-order valence-electron chi connectivity index (χ2n) is 11.4. The Morgan fingerprint density at radius 1 is 1.09 bits per heavy atom. The summed E-state index contributed by atoms with van der Waals surface area (Å²) < 4.78 is 0. The van der Waals surface area contributed by atoms with Crippen molar-refractivity contribution in [1.29, 1.82) is 0 Å². The Morgan fingerprint density at radius 2 is 1.88 bits per heavy atom. The number of fused-ring (bicyclic) bond motifs is 1. The number of piperazine rings is 1. The maximum atomic E-state index is 6.41. The molecule has 0 radical (unpaired) electrons. The number of likely N-dealkylation sites (tertiary alicyclic amines) is 1. The fourth-order valence-electron chi connectivity index (χ4n) is 6.19. The Hall–Kier alpha value is -0.720. The highest BCUT2D eigenvalue weighted by molar-refractivity contribution is 9.10. The van der Waals surface area contributed by atoms with Gasteiger partial charge in [-0.15, -0.1) is 0 Å². The lowest BCUT2D eigenvalue weighted by Crippen LogP contribution is -2.59. The molecule has 1 aromatic carbocycles. The van der Waals surface area contributed by atoms with Gasteiger partial charge in [-0.25, -0.2) is 0 Å². The third-order valence-electron chi connectivity index (χ3n) is 8.17. The molecule has 33 heavy (non-hydrogen) atoms. The summed E-state index contributed by atoms with van der Waals surface area (Å²) >= 11 is 10.2. The van der Waals surface area contributed by atoms with Crippen molar-refractivity contribution in [3.63, 3.8) is 0 Å².